The van der Waals surface area contributed by atoms with Gasteiger partial charge in [0.15, 0.2) is 0 Å². The zero-order valence-electron chi connectivity index (χ0n) is 8.44. The summed E-state index contributed by atoms with van der Waals surface area (Å²) in [6.45, 7) is 2.20. The zero-order valence-corrected chi connectivity index (χ0v) is 9.25. The van der Waals surface area contributed by atoms with Crippen LogP contribution >= 0.6 is 0 Å². The van der Waals surface area contributed by atoms with E-state index in [0.29, 0.717) is 6.42 Å². The third-order valence-electron chi connectivity index (χ3n) is 1.82. The van der Waals surface area contributed by atoms with Crippen LogP contribution in [-0.2, 0) is 18.9 Å². The van der Waals surface area contributed by atoms with Gasteiger partial charge in [-0.3, -0.25) is 0 Å². The lowest BCUT2D eigenvalue weighted by molar-refractivity contribution is -0.142. The second kappa shape index (κ2) is 8.16. The lowest BCUT2D eigenvalue weighted by Gasteiger charge is -2.01. The molecule has 0 rings (SSSR count). The second-order valence-corrected chi connectivity index (χ2v) is 4.27. The zero-order chi connectivity index (χ0) is 10.9. The van der Waals surface area contributed by atoms with Gasteiger partial charge in [0.2, 0.25) is 0 Å². The van der Waals surface area contributed by atoms with Crippen molar-refractivity contribution in [2.75, 3.05) is 6.61 Å². The highest BCUT2D eigenvalue weighted by atomic mass is 32.3. The molecule has 0 aromatic carbocycles. The second-order valence-electron chi connectivity index (χ2n) is 3.07. The SMILES string of the molecule is CCCCCCCCOS(=O)(=O)OO. The standard InChI is InChI=1S/C8H18O5S/c1-2-3-4-5-6-7-8-12-14(10,11)13-9/h9H,2-8H2,1H3. The lowest BCUT2D eigenvalue weighted by Crippen LogP contribution is -2.08. The number of hydrogen-bond acceptors (Lipinski definition) is 5. The van der Waals surface area contributed by atoms with E-state index >= 15 is 0 Å². The van der Waals surface area contributed by atoms with Crippen molar-refractivity contribution in [2.24, 2.45) is 0 Å². The maximum Gasteiger partial charge on any atom is 0.426 e. The van der Waals surface area contributed by atoms with E-state index < -0.39 is 10.4 Å². The first kappa shape index (κ1) is 13.8. The minimum absolute atomic E-state index is 0.0645. The Bertz CT molecular complexity index is 212. The Balaban J connectivity index is 3.22. The van der Waals surface area contributed by atoms with Crippen molar-refractivity contribution in [3.8, 4) is 0 Å². The monoisotopic (exact) mass is 226 g/mol. The fraction of sp³-hybridized carbons (Fsp3) is 1.00. The highest BCUT2D eigenvalue weighted by molar-refractivity contribution is 7.81. The van der Waals surface area contributed by atoms with Crippen LogP contribution in [0.3, 0.4) is 0 Å². The van der Waals surface area contributed by atoms with Crippen LogP contribution in [0.4, 0.5) is 0 Å². The molecule has 0 amide bonds. The van der Waals surface area contributed by atoms with Gasteiger partial charge in [-0.2, -0.15) is 8.42 Å². The van der Waals surface area contributed by atoms with Crippen molar-refractivity contribution in [1.82, 2.24) is 0 Å². The van der Waals surface area contributed by atoms with Crippen molar-refractivity contribution >= 4 is 10.4 Å². The van der Waals surface area contributed by atoms with Crippen molar-refractivity contribution in [3.05, 3.63) is 0 Å². The molecule has 0 atom stereocenters. The Kier molecular flexibility index (Phi) is 8.07. The molecule has 1 N–H and O–H groups in total. The summed E-state index contributed by atoms with van der Waals surface area (Å²) in [5.41, 5.74) is 0. The van der Waals surface area contributed by atoms with E-state index in [1.54, 1.807) is 0 Å². The molecule has 0 aliphatic rings. The molecular formula is C8H18O5S. The summed E-state index contributed by atoms with van der Waals surface area (Å²) in [5.74, 6) is 0. The number of unbranched alkanes of at least 4 members (excludes halogenated alkanes) is 5. The molecular weight excluding hydrogens is 208 g/mol. The molecule has 0 fully saturated rings. The summed E-state index contributed by atoms with van der Waals surface area (Å²) in [4.78, 5) is 0. The van der Waals surface area contributed by atoms with Crippen LogP contribution in [0, 0.1) is 0 Å². The largest absolute Gasteiger partial charge is 0.426 e. The first-order chi connectivity index (χ1) is 6.62. The van der Waals surface area contributed by atoms with Crippen molar-refractivity contribution < 1.29 is 22.2 Å². The van der Waals surface area contributed by atoms with Crippen molar-refractivity contribution in [3.63, 3.8) is 0 Å². The molecule has 0 heterocycles. The summed E-state index contributed by atoms with van der Waals surface area (Å²) in [6, 6.07) is 0. The third kappa shape index (κ3) is 8.43. The highest BCUT2D eigenvalue weighted by Crippen LogP contribution is 2.05. The summed E-state index contributed by atoms with van der Waals surface area (Å²) in [6.07, 6.45) is 6.23. The van der Waals surface area contributed by atoms with Gasteiger partial charge in [-0.05, 0) is 6.42 Å². The van der Waals surface area contributed by atoms with Crippen LogP contribution < -0.4 is 0 Å². The first-order valence-electron chi connectivity index (χ1n) is 4.85. The van der Waals surface area contributed by atoms with Crippen LogP contribution in [0.25, 0.3) is 0 Å². The van der Waals surface area contributed by atoms with E-state index in [1.807, 2.05) is 0 Å². The molecule has 0 unspecified atom stereocenters. The third-order valence-corrected chi connectivity index (χ3v) is 2.45. The van der Waals surface area contributed by atoms with E-state index in [9.17, 15) is 8.42 Å². The smallest absolute Gasteiger partial charge is 0.246 e. The number of hydrogen-bond donors (Lipinski definition) is 1. The quantitative estimate of drug-likeness (QED) is 0.370. The summed E-state index contributed by atoms with van der Waals surface area (Å²) < 4.78 is 28.3. The van der Waals surface area contributed by atoms with Gasteiger partial charge in [0.25, 0.3) is 0 Å². The summed E-state index contributed by atoms with van der Waals surface area (Å²) >= 11 is 0. The fourth-order valence-corrected chi connectivity index (χ4v) is 1.43. The molecule has 0 aromatic rings. The van der Waals surface area contributed by atoms with E-state index in [1.165, 1.54) is 19.3 Å². The van der Waals surface area contributed by atoms with Gasteiger partial charge in [0.1, 0.15) is 0 Å². The predicted octanol–water partition coefficient (Wildman–Crippen LogP) is 2.10. The van der Waals surface area contributed by atoms with Gasteiger partial charge in [0.05, 0.1) is 6.61 Å². The molecule has 0 aliphatic carbocycles. The number of rotatable bonds is 9. The molecule has 5 nitrogen and oxygen atoms in total. The van der Waals surface area contributed by atoms with Crippen LogP contribution in [0.2, 0.25) is 0 Å². The highest BCUT2D eigenvalue weighted by Gasteiger charge is 2.09. The Labute approximate surface area is 85.3 Å². The predicted molar refractivity (Wildman–Crippen MR) is 52.0 cm³/mol. The van der Waals surface area contributed by atoms with Gasteiger partial charge < -0.3 is 0 Å². The molecule has 0 radical (unpaired) electrons. The Hall–Kier alpha value is -0.170. The van der Waals surface area contributed by atoms with Gasteiger partial charge >= 0.3 is 10.4 Å². The Morgan fingerprint density at radius 3 is 2.21 bits per heavy atom. The maximum absolute atomic E-state index is 10.4. The molecule has 14 heavy (non-hydrogen) atoms. The molecule has 0 spiro atoms. The first-order valence-corrected chi connectivity index (χ1v) is 6.18. The van der Waals surface area contributed by atoms with Gasteiger partial charge in [-0.1, -0.05) is 43.4 Å². The Morgan fingerprint density at radius 2 is 1.64 bits per heavy atom. The van der Waals surface area contributed by atoms with Crippen molar-refractivity contribution in [1.29, 1.82) is 0 Å². The van der Waals surface area contributed by atoms with E-state index in [4.69, 9.17) is 5.26 Å². The molecule has 0 saturated carbocycles. The normalized spacial score (nSPS) is 11.9. The van der Waals surface area contributed by atoms with E-state index in [-0.39, 0.29) is 6.61 Å². The van der Waals surface area contributed by atoms with E-state index in [0.717, 1.165) is 12.8 Å². The minimum Gasteiger partial charge on any atom is -0.246 e. The van der Waals surface area contributed by atoms with Gasteiger partial charge in [-0.15, -0.1) is 0 Å². The van der Waals surface area contributed by atoms with Gasteiger partial charge in [0, 0.05) is 0 Å². The maximum atomic E-state index is 10.4. The van der Waals surface area contributed by atoms with Crippen LogP contribution in [0.5, 0.6) is 0 Å². The molecule has 6 heteroatoms. The average molecular weight is 226 g/mol. The van der Waals surface area contributed by atoms with Gasteiger partial charge in [-0.25, -0.2) is 9.44 Å². The Morgan fingerprint density at radius 1 is 1.07 bits per heavy atom. The van der Waals surface area contributed by atoms with E-state index in [2.05, 4.69) is 15.4 Å². The molecule has 0 saturated heterocycles. The molecule has 0 aliphatic heterocycles. The summed E-state index contributed by atoms with van der Waals surface area (Å²) in [5, 5.41) is 7.85. The lowest BCUT2D eigenvalue weighted by atomic mass is 10.1. The molecule has 86 valence electrons. The fourth-order valence-electron chi connectivity index (χ4n) is 1.06. The average Bonchev–Trinajstić information content (AvgIpc) is 2.16. The molecule has 0 aromatic heterocycles. The minimum atomic E-state index is -4.16. The molecule has 0 bridgehead atoms. The van der Waals surface area contributed by atoms with Crippen molar-refractivity contribution in [2.45, 2.75) is 45.4 Å². The van der Waals surface area contributed by atoms with Crippen LogP contribution in [0.15, 0.2) is 0 Å². The topological polar surface area (TPSA) is 72.8 Å². The summed E-state index contributed by atoms with van der Waals surface area (Å²) in [7, 11) is -4.16. The van der Waals surface area contributed by atoms with Crippen LogP contribution in [0.1, 0.15) is 45.4 Å². The van der Waals surface area contributed by atoms with Crippen LogP contribution in [-0.4, -0.2) is 20.3 Å².